The molecule has 1 aliphatic carbocycles. The lowest BCUT2D eigenvalue weighted by atomic mass is 10.1. The van der Waals surface area contributed by atoms with E-state index in [2.05, 4.69) is 0 Å². The lowest BCUT2D eigenvalue weighted by Gasteiger charge is -1.94. The van der Waals surface area contributed by atoms with Crippen LogP contribution in [0.15, 0.2) is 23.0 Å². The number of rotatable bonds is 3. The van der Waals surface area contributed by atoms with Gasteiger partial charge in [-0.05, 0) is 13.3 Å². The predicted molar refractivity (Wildman–Crippen MR) is 51.2 cm³/mol. The molecule has 0 saturated carbocycles. The van der Waals surface area contributed by atoms with Crippen LogP contribution in [0.5, 0.6) is 0 Å². The Balaban J connectivity index is 2.12. The van der Waals surface area contributed by atoms with E-state index in [9.17, 15) is 9.59 Å². The van der Waals surface area contributed by atoms with Crippen molar-refractivity contribution < 1.29 is 4.79 Å². The normalized spacial score (nSPS) is 15.3. The molecule has 2 rings (SSSR count). The van der Waals surface area contributed by atoms with E-state index in [-0.39, 0.29) is 11.2 Å². The summed E-state index contributed by atoms with van der Waals surface area (Å²) in [6.45, 7) is 1.88. The maximum Gasteiger partial charge on any atom is 0.191 e. The monoisotopic (exact) mass is 174 g/mol. The number of Topliss-reactive ketones (excluding diaryl/α,β-unsaturated/α-hetero) is 1. The number of carbonyl (C=O) groups is 1. The summed E-state index contributed by atoms with van der Waals surface area (Å²) in [5.41, 5.74) is 2.31. The summed E-state index contributed by atoms with van der Waals surface area (Å²) in [5, 5.41) is 0. The number of allylic oxidation sites excluding steroid dienone is 4. The van der Waals surface area contributed by atoms with Crippen molar-refractivity contribution >= 4 is 11.4 Å². The first-order valence-corrected chi connectivity index (χ1v) is 4.38. The molecule has 66 valence electrons. The van der Waals surface area contributed by atoms with Gasteiger partial charge in [-0.25, -0.2) is 0 Å². The van der Waals surface area contributed by atoms with Gasteiger partial charge in [0.1, 0.15) is 0 Å². The molecule has 2 heteroatoms. The molecule has 0 spiro atoms. The first-order chi connectivity index (χ1) is 6.25. The third kappa shape index (κ3) is 1.18. The summed E-state index contributed by atoms with van der Waals surface area (Å²) in [6, 6.07) is 0. The van der Waals surface area contributed by atoms with Crippen molar-refractivity contribution in [2.75, 3.05) is 0 Å². The highest BCUT2D eigenvalue weighted by Crippen LogP contribution is 2.30. The van der Waals surface area contributed by atoms with E-state index in [4.69, 9.17) is 0 Å². The van der Waals surface area contributed by atoms with Gasteiger partial charge in [0.05, 0.1) is 0 Å². The van der Waals surface area contributed by atoms with Crippen molar-refractivity contribution in [3.8, 4) is 0 Å². The maximum absolute atomic E-state index is 11.5. The third-order valence-electron chi connectivity index (χ3n) is 2.36. The molecule has 0 aliphatic heterocycles. The molecule has 1 aromatic carbocycles. The maximum atomic E-state index is 11.5. The summed E-state index contributed by atoms with van der Waals surface area (Å²) in [6.07, 6.45) is 6.60. The van der Waals surface area contributed by atoms with Gasteiger partial charge < -0.3 is 0 Å². The van der Waals surface area contributed by atoms with Crippen LogP contribution in [0, 0.1) is 0 Å². The highest BCUT2D eigenvalue weighted by molar-refractivity contribution is 6.24. The van der Waals surface area contributed by atoms with Crippen LogP contribution in [0.4, 0.5) is 0 Å². The fourth-order valence-electron chi connectivity index (χ4n) is 1.58. The first-order valence-electron chi connectivity index (χ1n) is 4.38. The van der Waals surface area contributed by atoms with E-state index in [0.717, 1.165) is 5.56 Å². The van der Waals surface area contributed by atoms with Gasteiger partial charge in [0.25, 0.3) is 0 Å². The quantitative estimate of drug-likeness (QED) is 0.649. The van der Waals surface area contributed by atoms with Gasteiger partial charge in [0.15, 0.2) is 11.2 Å². The van der Waals surface area contributed by atoms with Gasteiger partial charge in [0.2, 0.25) is 0 Å². The third-order valence-corrected chi connectivity index (χ3v) is 2.36. The molecule has 1 aliphatic rings. The molecule has 0 aromatic heterocycles. The van der Waals surface area contributed by atoms with Crippen molar-refractivity contribution in [3.05, 3.63) is 39.6 Å². The first kappa shape index (κ1) is 8.17. The van der Waals surface area contributed by atoms with Crippen LogP contribution in [-0.4, -0.2) is 5.78 Å². The van der Waals surface area contributed by atoms with Crippen LogP contribution >= 0.6 is 0 Å². The highest BCUT2D eigenvalue weighted by atomic mass is 16.1. The van der Waals surface area contributed by atoms with Crippen LogP contribution in [0.3, 0.4) is 0 Å². The molecule has 0 bridgehead atoms. The van der Waals surface area contributed by atoms with Crippen LogP contribution < -0.4 is 5.43 Å². The van der Waals surface area contributed by atoms with Gasteiger partial charge in [-0.3, -0.25) is 9.59 Å². The van der Waals surface area contributed by atoms with E-state index in [1.165, 1.54) is 0 Å². The Hall–Kier alpha value is -1.44. The van der Waals surface area contributed by atoms with E-state index in [0.29, 0.717) is 24.0 Å². The zero-order valence-electron chi connectivity index (χ0n) is 7.46. The average molecular weight is 174 g/mol. The van der Waals surface area contributed by atoms with E-state index in [1.54, 1.807) is 0 Å². The second-order valence-electron chi connectivity index (χ2n) is 3.20. The Morgan fingerprint density at radius 1 is 1.62 bits per heavy atom. The van der Waals surface area contributed by atoms with E-state index >= 15 is 0 Å². The van der Waals surface area contributed by atoms with Crippen LogP contribution in [0.2, 0.25) is 0 Å². The van der Waals surface area contributed by atoms with Gasteiger partial charge >= 0.3 is 0 Å². The van der Waals surface area contributed by atoms with Crippen molar-refractivity contribution in [1.29, 1.82) is 0 Å². The Morgan fingerprint density at radius 2 is 2.38 bits per heavy atom. The topological polar surface area (TPSA) is 34.1 Å². The van der Waals surface area contributed by atoms with Crippen molar-refractivity contribution in [3.63, 3.8) is 0 Å². The molecular weight excluding hydrogens is 164 g/mol. The number of hydrogen-bond donors (Lipinski definition) is 0. The summed E-state index contributed by atoms with van der Waals surface area (Å²) >= 11 is 0. The minimum atomic E-state index is 0.0638. The molecule has 0 amide bonds. The lowest BCUT2D eigenvalue weighted by molar-refractivity contribution is -0.113. The lowest BCUT2D eigenvalue weighted by Crippen LogP contribution is -1.99. The Morgan fingerprint density at radius 3 is 2.92 bits per heavy atom. The number of hydrogen-bond acceptors (Lipinski definition) is 2. The predicted octanol–water partition coefficient (Wildman–Crippen LogP) is 1.40. The van der Waals surface area contributed by atoms with Crippen molar-refractivity contribution in [2.24, 2.45) is 0 Å². The summed E-state index contributed by atoms with van der Waals surface area (Å²) in [5.74, 6) is 0.0638. The molecule has 0 radical (unpaired) electrons. The molecule has 0 N–H and O–H groups in total. The van der Waals surface area contributed by atoms with Gasteiger partial charge in [0, 0.05) is 23.1 Å². The second kappa shape index (κ2) is 2.80. The molecule has 0 fully saturated rings. The SMILES string of the molecule is C/C=C/CC(=O)C1=CCc2c1c2=O. The summed E-state index contributed by atoms with van der Waals surface area (Å²) in [4.78, 5) is 22.5. The number of ketones is 1. The highest BCUT2D eigenvalue weighted by Gasteiger charge is 2.32. The summed E-state index contributed by atoms with van der Waals surface area (Å²) < 4.78 is 0. The Kier molecular flexibility index (Phi) is 1.76. The van der Waals surface area contributed by atoms with Crippen LogP contribution in [0.1, 0.15) is 24.5 Å². The van der Waals surface area contributed by atoms with Crippen LogP contribution in [-0.2, 0) is 11.2 Å². The summed E-state index contributed by atoms with van der Waals surface area (Å²) in [7, 11) is 0. The molecule has 1 aromatic rings. The second-order valence-corrected chi connectivity index (χ2v) is 3.20. The number of fused-ring (bicyclic) bond motifs is 1. The average Bonchev–Trinajstić information content (AvgIpc) is 2.64. The van der Waals surface area contributed by atoms with Gasteiger partial charge in [-0.2, -0.15) is 0 Å². The minimum Gasteiger partial charge on any atom is -0.294 e. The Labute approximate surface area is 76.3 Å². The molecule has 0 unspecified atom stereocenters. The fourth-order valence-corrected chi connectivity index (χ4v) is 1.58. The van der Waals surface area contributed by atoms with Crippen molar-refractivity contribution in [2.45, 2.75) is 19.8 Å². The fraction of sp³-hybridized carbons (Fsp3) is 0.273. The Bertz CT molecular complexity index is 426. The minimum absolute atomic E-state index is 0.0638. The van der Waals surface area contributed by atoms with Gasteiger partial charge in [-0.15, -0.1) is 0 Å². The largest absolute Gasteiger partial charge is 0.294 e. The zero-order chi connectivity index (χ0) is 9.42. The zero-order valence-corrected chi connectivity index (χ0v) is 7.46. The molecular formula is C11H10O2. The standard InChI is InChI=1S/C11H10O2/c1-2-3-4-9(12)7-5-6-8-10(7)11(8)13/h2-3,5H,4,6H2,1H3/b3-2+. The van der Waals surface area contributed by atoms with Crippen molar-refractivity contribution in [1.82, 2.24) is 0 Å². The number of carbonyl (C=O) groups excluding carboxylic acids is 1. The van der Waals surface area contributed by atoms with E-state index < -0.39 is 0 Å². The molecule has 0 heterocycles. The molecule has 0 atom stereocenters. The van der Waals surface area contributed by atoms with E-state index in [1.807, 2.05) is 25.2 Å². The molecule has 2 nitrogen and oxygen atoms in total. The van der Waals surface area contributed by atoms with Crippen LogP contribution in [0.25, 0.3) is 5.57 Å². The molecule has 13 heavy (non-hydrogen) atoms. The van der Waals surface area contributed by atoms with Gasteiger partial charge in [-0.1, -0.05) is 18.2 Å². The smallest absolute Gasteiger partial charge is 0.191 e. The molecule has 0 saturated heterocycles.